The fourth-order valence-electron chi connectivity index (χ4n) is 3.01. The molecule has 2 unspecified atom stereocenters. The van der Waals surface area contributed by atoms with Gasteiger partial charge in [-0.05, 0) is 43.0 Å². The third kappa shape index (κ3) is 3.42. The zero-order chi connectivity index (χ0) is 15.6. The van der Waals surface area contributed by atoms with Crippen molar-refractivity contribution < 1.29 is 4.74 Å². The van der Waals surface area contributed by atoms with E-state index in [2.05, 4.69) is 65.1 Å². The molecule has 2 heteroatoms. The van der Waals surface area contributed by atoms with E-state index < -0.39 is 0 Å². The Morgan fingerprint density at radius 2 is 2.05 bits per heavy atom. The molecule has 0 aromatic heterocycles. The Kier molecular flexibility index (Phi) is 4.98. The van der Waals surface area contributed by atoms with Crippen LogP contribution in [0.4, 0.5) is 0 Å². The fourth-order valence-corrected chi connectivity index (χ4v) is 3.01. The lowest BCUT2D eigenvalue weighted by atomic mass is 9.64. The van der Waals surface area contributed by atoms with Crippen LogP contribution in [0.5, 0.6) is 5.75 Å². The van der Waals surface area contributed by atoms with E-state index in [9.17, 15) is 0 Å². The molecular formula is C19H31NO. The van der Waals surface area contributed by atoms with Gasteiger partial charge >= 0.3 is 0 Å². The monoisotopic (exact) mass is 289 g/mol. The number of hydrogen-bond donors (Lipinski definition) is 1. The lowest BCUT2D eigenvalue weighted by molar-refractivity contribution is -0.0549. The zero-order valence-electron chi connectivity index (χ0n) is 14.5. The smallest absolute Gasteiger partial charge is 0.122 e. The van der Waals surface area contributed by atoms with Gasteiger partial charge < -0.3 is 10.1 Å². The molecule has 118 valence electrons. The number of benzene rings is 1. The Bertz CT molecular complexity index is 478. The van der Waals surface area contributed by atoms with E-state index in [0.717, 1.165) is 18.7 Å². The van der Waals surface area contributed by atoms with Gasteiger partial charge in [0, 0.05) is 17.9 Å². The molecule has 1 aromatic rings. The van der Waals surface area contributed by atoms with Gasteiger partial charge in [-0.2, -0.15) is 0 Å². The van der Waals surface area contributed by atoms with Crippen molar-refractivity contribution in [3.05, 3.63) is 29.3 Å². The van der Waals surface area contributed by atoms with Crippen molar-refractivity contribution in [1.29, 1.82) is 0 Å². The van der Waals surface area contributed by atoms with Crippen LogP contribution >= 0.6 is 0 Å². The predicted octanol–water partition coefficient (Wildman–Crippen LogP) is 4.66. The van der Waals surface area contributed by atoms with Crippen LogP contribution in [0.25, 0.3) is 0 Å². The number of hydrogen-bond acceptors (Lipinski definition) is 2. The molecule has 1 saturated carbocycles. The van der Waals surface area contributed by atoms with Crippen molar-refractivity contribution in [2.75, 3.05) is 6.54 Å². The standard InChI is InChI=1S/C19H31NO/c1-7-10-20-17-12-18(19(17,5)6)21-16-11-15(13(2)3)9-8-14(16)4/h8-9,11,13,17-18,20H,7,10,12H2,1-6H3. The van der Waals surface area contributed by atoms with Crippen LogP contribution in [0.15, 0.2) is 18.2 Å². The lowest BCUT2D eigenvalue weighted by Crippen LogP contribution is -2.62. The van der Waals surface area contributed by atoms with Crippen LogP contribution < -0.4 is 10.1 Å². The number of nitrogens with one attached hydrogen (secondary N) is 1. The Morgan fingerprint density at radius 1 is 1.33 bits per heavy atom. The van der Waals surface area contributed by atoms with Gasteiger partial charge in [0.15, 0.2) is 0 Å². The van der Waals surface area contributed by atoms with Gasteiger partial charge in [-0.3, -0.25) is 0 Å². The maximum Gasteiger partial charge on any atom is 0.122 e. The van der Waals surface area contributed by atoms with Crippen molar-refractivity contribution in [1.82, 2.24) is 5.32 Å². The first-order chi connectivity index (χ1) is 9.86. The third-order valence-corrected chi connectivity index (χ3v) is 4.97. The largest absolute Gasteiger partial charge is 0.489 e. The summed E-state index contributed by atoms with van der Waals surface area (Å²) in [6.45, 7) is 14.5. The van der Waals surface area contributed by atoms with E-state index >= 15 is 0 Å². The quantitative estimate of drug-likeness (QED) is 0.822. The summed E-state index contributed by atoms with van der Waals surface area (Å²) in [5, 5.41) is 3.64. The minimum Gasteiger partial charge on any atom is -0.489 e. The first-order valence-electron chi connectivity index (χ1n) is 8.36. The van der Waals surface area contributed by atoms with Crippen LogP contribution in [0.1, 0.15) is 64.5 Å². The Balaban J connectivity index is 2.04. The van der Waals surface area contributed by atoms with Crippen molar-refractivity contribution in [2.24, 2.45) is 5.41 Å². The van der Waals surface area contributed by atoms with Gasteiger partial charge in [0.1, 0.15) is 11.9 Å². The minimum absolute atomic E-state index is 0.204. The van der Waals surface area contributed by atoms with Crippen LogP contribution in [0, 0.1) is 12.3 Å². The zero-order valence-corrected chi connectivity index (χ0v) is 14.5. The molecule has 1 aliphatic rings. The van der Waals surface area contributed by atoms with Gasteiger partial charge in [0.2, 0.25) is 0 Å². The average Bonchev–Trinajstić information content (AvgIpc) is 2.43. The van der Waals surface area contributed by atoms with Crippen LogP contribution in [-0.4, -0.2) is 18.7 Å². The molecule has 0 spiro atoms. The van der Waals surface area contributed by atoms with E-state index in [1.54, 1.807) is 0 Å². The highest BCUT2D eigenvalue weighted by Crippen LogP contribution is 2.43. The molecule has 0 aliphatic heterocycles. The second kappa shape index (κ2) is 6.39. The van der Waals surface area contributed by atoms with Crippen LogP contribution in [0.2, 0.25) is 0 Å². The summed E-state index contributed by atoms with van der Waals surface area (Å²) in [4.78, 5) is 0. The van der Waals surface area contributed by atoms with Crippen LogP contribution in [0.3, 0.4) is 0 Å². The minimum atomic E-state index is 0.204. The number of ether oxygens (including phenoxy) is 1. The molecule has 0 saturated heterocycles. The molecule has 0 radical (unpaired) electrons. The molecule has 2 atom stereocenters. The maximum absolute atomic E-state index is 6.36. The Morgan fingerprint density at radius 3 is 2.62 bits per heavy atom. The van der Waals surface area contributed by atoms with Gasteiger partial charge in [0.05, 0.1) is 0 Å². The predicted molar refractivity (Wildman–Crippen MR) is 90.2 cm³/mol. The topological polar surface area (TPSA) is 21.3 Å². The van der Waals surface area contributed by atoms with Crippen molar-refractivity contribution in [3.8, 4) is 5.75 Å². The molecule has 2 rings (SSSR count). The highest BCUT2D eigenvalue weighted by molar-refractivity contribution is 5.38. The lowest BCUT2D eigenvalue weighted by Gasteiger charge is -2.52. The van der Waals surface area contributed by atoms with Crippen molar-refractivity contribution in [2.45, 2.75) is 72.4 Å². The van der Waals surface area contributed by atoms with Crippen molar-refractivity contribution >= 4 is 0 Å². The molecular weight excluding hydrogens is 258 g/mol. The summed E-state index contributed by atoms with van der Waals surface area (Å²) in [5.74, 6) is 1.61. The fraction of sp³-hybridized carbons (Fsp3) is 0.684. The summed E-state index contributed by atoms with van der Waals surface area (Å²) in [5.41, 5.74) is 2.80. The second-order valence-electron chi connectivity index (χ2n) is 7.35. The molecule has 0 bridgehead atoms. The van der Waals surface area contributed by atoms with Gasteiger partial charge in [-0.15, -0.1) is 0 Å². The van der Waals surface area contributed by atoms with E-state index in [1.807, 2.05) is 0 Å². The van der Waals surface area contributed by atoms with E-state index in [-0.39, 0.29) is 5.41 Å². The van der Waals surface area contributed by atoms with Gasteiger partial charge in [-0.25, -0.2) is 0 Å². The molecule has 1 aromatic carbocycles. The normalized spacial score (nSPS) is 24.0. The molecule has 1 aliphatic carbocycles. The molecule has 1 N–H and O–H groups in total. The highest BCUT2D eigenvalue weighted by atomic mass is 16.5. The number of aryl methyl sites for hydroxylation is 1. The Hall–Kier alpha value is -1.02. The van der Waals surface area contributed by atoms with E-state index in [4.69, 9.17) is 4.74 Å². The summed E-state index contributed by atoms with van der Waals surface area (Å²) in [6, 6.07) is 7.20. The third-order valence-electron chi connectivity index (χ3n) is 4.97. The first kappa shape index (κ1) is 16.4. The summed E-state index contributed by atoms with van der Waals surface area (Å²) in [6.07, 6.45) is 2.61. The van der Waals surface area contributed by atoms with E-state index in [1.165, 1.54) is 17.5 Å². The van der Waals surface area contributed by atoms with Crippen molar-refractivity contribution in [3.63, 3.8) is 0 Å². The Labute approximate surface area is 130 Å². The molecule has 1 fully saturated rings. The molecule has 0 heterocycles. The highest BCUT2D eigenvalue weighted by Gasteiger charge is 2.49. The molecule has 2 nitrogen and oxygen atoms in total. The maximum atomic E-state index is 6.36. The molecule has 21 heavy (non-hydrogen) atoms. The average molecular weight is 289 g/mol. The van der Waals surface area contributed by atoms with Gasteiger partial charge in [-0.1, -0.05) is 46.8 Å². The summed E-state index contributed by atoms with van der Waals surface area (Å²) in [7, 11) is 0. The second-order valence-corrected chi connectivity index (χ2v) is 7.35. The summed E-state index contributed by atoms with van der Waals surface area (Å²) >= 11 is 0. The van der Waals surface area contributed by atoms with E-state index in [0.29, 0.717) is 18.1 Å². The van der Waals surface area contributed by atoms with Crippen LogP contribution in [-0.2, 0) is 0 Å². The first-order valence-corrected chi connectivity index (χ1v) is 8.36. The van der Waals surface area contributed by atoms with Gasteiger partial charge in [0.25, 0.3) is 0 Å². The number of rotatable bonds is 6. The molecule has 0 amide bonds. The SMILES string of the molecule is CCCNC1CC(Oc2cc(C(C)C)ccc2C)C1(C)C. The summed E-state index contributed by atoms with van der Waals surface area (Å²) < 4.78 is 6.36.